The van der Waals surface area contributed by atoms with Crippen LogP contribution in [-0.2, 0) is 26.0 Å². The molecule has 1 unspecified atom stereocenters. The van der Waals surface area contributed by atoms with Crippen LogP contribution in [0.25, 0.3) is 0 Å². The molecule has 1 aromatic carbocycles. The van der Waals surface area contributed by atoms with Crippen molar-refractivity contribution in [3.05, 3.63) is 59.4 Å². The summed E-state index contributed by atoms with van der Waals surface area (Å²) in [6.45, 7) is 6.01. The molecule has 0 radical (unpaired) electrons. The molecule has 33 heavy (non-hydrogen) atoms. The second kappa shape index (κ2) is 12.1. The predicted octanol–water partition coefficient (Wildman–Crippen LogP) is 2.61. The Balaban J connectivity index is 1.97. The van der Waals surface area contributed by atoms with Gasteiger partial charge < -0.3 is 10.1 Å². The van der Waals surface area contributed by atoms with Gasteiger partial charge in [-0.2, -0.15) is 0 Å². The van der Waals surface area contributed by atoms with Crippen molar-refractivity contribution in [1.82, 2.24) is 15.0 Å². The summed E-state index contributed by atoms with van der Waals surface area (Å²) in [4.78, 5) is 39.6. The van der Waals surface area contributed by atoms with Gasteiger partial charge in [0.05, 0.1) is 16.6 Å². The zero-order chi connectivity index (χ0) is 24.4. The van der Waals surface area contributed by atoms with Gasteiger partial charge in [-0.3, -0.25) is 9.59 Å². The molecule has 2 N–H and O–H groups in total. The number of sulfonamides is 1. The van der Waals surface area contributed by atoms with E-state index in [1.54, 1.807) is 19.1 Å². The molecule has 0 aliphatic carbocycles. The molecule has 1 heterocycles. The Morgan fingerprint density at radius 2 is 1.76 bits per heavy atom. The van der Waals surface area contributed by atoms with Crippen molar-refractivity contribution in [2.75, 3.05) is 6.54 Å². The van der Waals surface area contributed by atoms with Crippen LogP contribution in [-0.4, -0.2) is 43.8 Å². The molecule has 1 atom stereocenters. The lowest BCUT2D eigenvalue weighted by atomic mass is 10.1. The molecular weight excluding hydrogens is 446 g/mol. The molecule has 2 rings (SSSR count). The van der Waals surface area contributed by atoms with E-state index in [2.05, 4.69) is 10.3 Å². The van der Waals surface area contributed by atoms with E-state index in [9.17, 15) is 22.8 Å². The fraction of sp³-hybridized carbons (Fsp3) is 0.391. The van der Waals surface area contributed by atoms with Crippen LogP contribution in [0.2, 0.25) is 0 Å². The number of hydrogen-bond acceptors (Lipinski definition) is 7. The highest BCUT2D eigenvalue weighted by Gasteiger charge is 2.20. The first-order valence-electron chi connectivity index (χ1n) is 10.8. The molecule has 2 aromatic rings. The minimum atomic E-state index is -4.10. The van der Waals surface area contributed by atoms with Crippen LogP contribution >= 0.6 is 0 Å². The van der Waals surface area contributed by atoms with Crippen molar-refractivity contribution >= 4 is 27.8 Å². The first-order chi connectivity index (χ1) is 15.7. The number of pyridine rings is 1. The van der Waals surface area contributed by atoms with Gasteiger partial charge in [0.1, 0.15) is 5.69 Å². The second-order valence-electron chi connectivity index (χ2n) is 7.48. The average molecular weight is 476 g/mol. The number of amides is 2. The van der Waals surface area contributed by atoms with E-state index in [-0.39, 0.29) is 28.2 Å². The Kier molecular flexibility index (Phi) is 9.53. The zero-order valence-electron chi connectivity index (χ0n) is 19.0. The Hall–Kier alpha value is -3.27. The third-order valence-corrected chi connectivity index (χ3v) is 6.14. The number of carbonyl (C=O) groups excluding carboxylic acids is 3. The van der Waals surface area contributed by atoms with Crippen molar-refractivity contribution in [1.29, 1.82) is 0 Å². The SMILES string of the molecule is CCCC(=O)NCCc1ccc(S(=O)(=O)NC(=O)c2ccc(C(=O)OC(C)CC)nc2)cc1. The summed E-state index contributed by atoms with van der Waals surface area (Å²) in [7, 11) is -4.10. The number of benzene rings is 1. The highest BCUT2D eigenvalue weighted by atomic mass is 32.2. The van der Waals surface area contributed by atoms with E-state index in [1.807, 2.05) is 18.6 Å². The van der Waals surface area contributed by atoms with E-state index in [0.29, 0.717) is 25.8 Å². The smallest absolute Gasteiger partial charge is 0.357 e. The number of esters is 1. The summed E-state index contributed by atoms with van der Waals surface area (Å²) < 4.78 is 32.3. The fourth-order valence-corrected chi connectivity index (χ4v) is 3.69. The molecule has 0 bridgehead atoms. The quantitative estimate of drug-likeness (QED) is 0.478. The van der Waals surface area contributed by atoms with Gasteiger partial charge in [0, 0.05) is 19.2 Å². The van der Waals surface area contributed by atoms with Crippen LogP contribution in [0.1, 0.15) is 66.4 Å². The number of carbonyl (C=O) groups is 3. The van der Waals surface area contributed by atoms with E-state index >= 15 is 0 Å². The minimum Gasteiger partial charge on any atom is -0.458 e. The Bertz CT molecular complexity index is 1070. The molecule has 1 aromatic heterocycles. The molecule has 0 saturated carbocycles. The number of aromatic nitrogens is 1. The first kappa shape index (κ1) is 26.0. The molecule has 10 heteroatoms. The summed E-state index contributed by atoms with van der Waals surface area (Å²) in [6, 6.07) is 8.66. The highest BCUT2D eigenvalue weighted by Crippen LogP contribution is 2.12. The maximum atomic E-state index is 12.5. The monoisotopic (exact) mass is 475 g/mol. The summed E-state index contributed by atoms with van der Waals surface area (Å²) in [6.07, 6.45) is 3.30. The van der Waals surface area contributed by atoms with Gasteiger partial charge in [0.15, 0.2) is 0 Å². The third kappa shape index (κ3) is 7.98. The Morgan fingerprint density at radius 3 is 2.33 bits per heavy atom. The second-order valence-corrected chi connectivity index (χ2v) is 9.17. The van der Waals surface area contributed by atoms with Crippen molar-refractivity contribution < 1.29 is 27.5 Å². The number of nitrogens with zero attached hydrogens (tertiary/aromatic N) is 1. The van der Waals surface area contributed by atoms with E-state index < -0.39 is 21.9 Å². The van der Waals surface area contributed by atoms with Crippen LogP contribution in [0.4, 0.5) is 0 Å². The lowest BCUT2D eigenvalue weighted by Crippen LogP contribution is -2.30. The van der Waals surface area contributed by atoms with Crippen molar-refractivity contribution in [2.45, 2.75) is 57.5 Å². The van der Waals surface area contributed by atoms with Crippen LogP contribution in [0, 0.1) is 0 Å². The largest absolute Gasteiger partial charge is 0.458 e. The number of nitrogens with one attached hydrogen (secondary N) is 2. The molecule has 0 aliphatic heterocycles. The fourth-order valence-electron chi connectivity index (χ4n) is 2.71. The molecule has 9 nitrogen and oxygen atoms in total. The number of ether oxygens (including phenoxy) is 1. The van der Waals surface area contributed by atoms with Gasteiger partial charge in [0.25, 0.3) is 15.9 Å². The Morgan fingerprint density at radius 1 is 1.06 bits per heavy atom. The lowest BCUT2D eigenvalue weighted by Gasteiger charge is -2.11. The number of hydrogen-bond donors (Lipinski definition) is 2. The van der Waals surface area contributed by atoms with Crippen LogP contribution < -0.4 is 10.0 Å². The zero-order valence-corrected chi connectivity index (χ0v) is 19.8. The van der Waals surface area contributed by atoms with Gasteiger partial charge in [-0.1, -0.05) is 26.0 Å². The maximum absolute atomic E-state index is 12.5. The summed E-state index contributed by atoms with van der Waals surface area (Å²) in [5.41, 5.74) is 0.857. The van der Waals surface area contributed by atoms with Gasteiger partial charge >= 0.3 is 5.97 Å². The number of rotatable bonds is 11. The average Bonchev–Trinajstić information content (AvgIpc) is 2.79. The topological polar surface area (TPSA) is 132 Å². The lowest BCUT2D eigenvalue weighted by molar-refractivity contribution is -0.121. The summed E-state index contributed by atoms with van der Waals surface area (Å²) >= 11 is 0. The predicted molar refractivity (Wildman–Crippen MR) is 122 cm³/mol. The van der Waals surface area contributed by atoms with Gasteiger partial charge in [-0.15, -0.1) is 0 Å². The Labute approximate surface area is 194 Å². The minimum absolute atomic E-state index is 0.0156. The van der Waals surface area contributed by atoms with Gasteiger partial charge in [-0.05, 0) is 56.0 Å². The molecule has 2 amide bonds. The molecule has 0 fully saturated rings. The third-order valence-electron chi connectivity index (χ3n) is 4.79. The molecular formula is C23H29N3O6S. The molecule has 178 valence electrons. The van der Waals surface area contributed by atoms with Crippen LogP contribution in [0.5, 0.6) is 0 Å². The standard InChI is InChI=1S/C23H29N3O6S/c1-4-6-21(27)24-14-13-17-7-10-19(11-8-17)33(30,31)26-22(28)18-9-12-20(25-15-18)23(29)32-16(3)5-2/h7-12,15-16H,4-6,13-14H2,1-3H3,(H,24,27)(H,26,28). The molecule has 0 aliphatic rings. The van der Waals surface area contributed by atoms with Crippen molar-refractivity contribution in [3.8, 4) is 0 Å². The van der Waals surface area contributed by atoms with Crippen LogP contribution in [0.3, 0.4) is 0 Å². The van der Waals surface area contributed by atoms with E-state index in [4.69, 9.17) is 4.74 Å². The van der Waals surface area contributed by atoms with E-state index in [0.717, 1.165) is 18.2 Å². The summed E-state index contributed by atoms with van der Waals surface area (Å²) in [5.74, 6) is -1.50. The highest BCUT2D eigenvalue weighted by molar-refractivity contribution is 7.90. The van der Waals surface area contributed by atoms with Crippen molar-refractivity contribution in [3.63, 3.8) is 0 Å². The van der Waals surface area contributed by atoms with Crippen molar-refractivity contribution in [2.24, 2.45) is 0 Å². The maximum Gasteiger partial charge on any atom is 0.357 e. The molecule has 0 saturated heterocycles. The first-order valence-corrected chi connectivity index (χ1v) is 12.2. The van der Waals surface area contributed by atoms with Gasteiger partial charge in [-0.25, -0.2) is 22.9 Å². The normalized spacial score (nSPS) is 12.0. The molecule has 0 spiro atoms. The summed E-state index contributed by atoms with van der Waals surface area (Å²) in [5, 5.41) is 2.80. The van der Waals surface area contributed by atoms with Gasteiger partial charge in [0.2, 0.25) is 5.91 Å². The van der Waals surface area contributed by atoms with Crippen LogP contribution in [0.15, 0.2) is 47.5 Å². The van der Waals surface area contributed by atoms with E-state index in [1.165, 1.54) is 24.3 Å².